The number of nitrogens with one attached hydrogen (secondary N) is 2. The van der Waals surface area contributed by atoms with Gasteiger partial charge in [-0.05, 0) is 32.0 Å². The Morgan fingerprint density at radius 2 is 2.16 bits per heavy atom. The molecule has 0 unspecified atom stereocenters. The number of thioether (sulfide) groups is 1. The van der Waals surface area contributed by atoms with Gasteiger partial charge in [0.25, 0.3) is 5.91 Å². The molecule has 8 nitrogen and oxygen atoms in total. The number of rotatable bonds is 4. The molecule has 0 aliphatic carbocycles. The minimum absolute atomic E-state index is 0.104. The lowest BCUT2D eigenvalue weighted by Crippen LogP contribution is -2.35. The van der Waals surface area contributed by atoms with Gasteiger partial charge in [-0.3, -0.25) is 14.3 Å². The van der Waals surface area contributed by atoms with Gasteiger partial charge in [0.2, 0.25) is 5.91 Å². The number of nitrogens with zero attached hydrogens (tertiary/aromatic N) is 2. The molecule has 1 aromatic carbocycles. The van der Waals surface area contributed by atoms with Crippen LogP contribution in [0, 0.1) is 0 Å². The summed E-state index contributed by atoms with van der Waals surface area (Å²) in [6.07, 6.45) is 2.85. The van der Waals surface area contributed by atoms with E-state index >= 15 is 0 Å². The molecular weight excluding hydrogens is 344 g/mol. The lowest BCUT2D eigenvalue weighted by Gasteiger charge is -2.19. The van der Waals surface area contributed by atoms with Crippen LogP contribution >= 0.6 is 11.8 Å². The van der Waals surface area contributed by atoms with Crippen molar-refractivity contribution in [1.82, 2.24) is 9.78 Å². The van der Waals surface area contributed by atoms with E-state index in [9.17, 15) is 19.5 Å². The summed E-state index contributed by atoms with van der Waals surface area (Å²) in [6, 6.07) is 5.07. The summed E-state index contributed by atoms with van der Waals surface area (Å²) in [5.41, 5.74) is 0.148. The summed E-state index contributed by atoms with van der Waals surface area (Å²) in [5, 5.41) is 18.6. The number of hydrogen-bond donors (Lipinski definition) is 3. The molecule has 1 aliphatic heterocycles. The van der Waals surface area contributed by atoms with Crippen LogP contribution in [-0.4, -0.2) is 38.4 Å². The largest absolute Gasteiger partial charge is 0.479 e. The van der Waals surface area contributed by atoms with Gasteiger partial charge in [-0.2, -0.15) is 5.10 Å². The average molecular weight is 360 g/mol. The van der Waals surface area contributed by atoms with Crippen molar-refractivity contribution in [3.63, 3.8) is 0 Å². The van der Waals surface area contributed by atoms with E-state index in [2.05, 4.69) is 15.7 Å². The SMILES string of the molecule is CC(C)(C(=O)O)n1cc(NC(=O)c2ccc3c(c2)NC(=O)CS3)cn1. The molecule has 0 bridgehead atoms. The molecule has 130 valence electrons. The smallest absolute Gasteiger partial charge is 0.331 e. The van der Waals surface area contributed by atoms with E-state index in [1.807, 2.05) is 0 Å². The van der Waals surface area contributed by atoms with Gasteiger partial charge in [-0.25, -0.2) is 4.79 Å². The summed E-state index contributed by atoms with van der Waals surface area (Å²) < 4.78 is 1.27. The van der Waals surface area contributed by atoms with Crippen molar-refractivity contribution in [2.45, 2.75) is 24.3 Å². The first kappa shape index (κ1) is 17.0. The topological polar surface area (TPSA) is 113 Å². The van der Waals surface area contributed by atoms with Crippen molar-refractivity contribution in [2.24, 2.45) is 0 Å². The van der Waals surface area contributed by atoms with Gasteiger partial charge >= 0.3 is 5.97 Å². The van der Waals surface area contributed by atoms with Crippen molar-refractivity contribution in [2.75, 3.05) is 16.4 Å². The summed E-state index contributed by atoms with van der Waals surface area (Å²) in [4.78, 5) is 36.0. The number of carboxylic acids is 1. The van der Waals surface area contributed by atoms with Gasteiger partial charge in [-0.1, -0.05) is 0 Å². The fraction of sp³-hybridized carbons (Fsp3) is 0.250. The number of benzene rings is 1. The summed E-state index contributed by atoms with van der Waals surface area (Å²) in [7, 11) is 0. The standard InChI is InChI=1S/C16H16N4O4S/c1-16(2,15(23)24)20-7-10(6-17-20)18-14(22)9-3-4-12-11(5-9)19-13(21)8-25-12/h3-7H,8H2,1-2H3,(H,18,22)(H,19,21)(H,23,24). The Morgan fingerprint density at radius 3 is 2.88 bits per heavy atom. The molecule has 3 N–H and O–H groups in total. The van der Waals surface area contributed by atoms with Crippen LogP contribution in [0.4, 0.5) is 11.4 Å². The number of anilines is 2. The van der Waals surface area contributed by atoms with Gasteiger partial charge in [0.15, 0.2) is 5.54 Å². The third-order valence-corrected chi connectivity index (χ3v) is 4.88. The third-order valence-electron chi connectivity index (χ3n) is 3.81. The van der Waals surface area contributed by atoms with Crippen molar-refractivity contribution >= 4 is 40.9 Å². The second-order valence-corrected chi connectivity index (χ2v) is 7.06. The maximum atomic E-state index is 12.4. The third kappa shape index (κ3) is 3.36. The number of amides is 2. The molecule has 0 spiro atoms. The lowest BCUT2D eigenvalue weighted by molar-refractivity contribution is -0.146. The zero-order valence-electron chi connectivity index (χ0n) is 13.6. The molecule has 0 saturated carbocycles. The highest BCUT2D eigenvalue weighted by Crippen LogP contribution is 2.32. The Kier molecular flexibility index (Phi) is 4.25. The van der Waals surface area contributed by atoms with Crippen LogP contribution in [0.25, 0.3) is 0 Å². The number of aliphatic carboxylic acids is 1. The number of aromatic nitrogens is 2. The summed E-state index contributed by atoms with van der Waals surface area (Å²) in [5.74, 6) is -1.15. The molecule has 2 heterocycles. The highest BCUT2D eigenvalue weighted by Gasteiger charge is 2.30. The first-order chi connectivity index (χ1) is 11.8. The van der Waals surface area contributed by atoms with E-state index in [-0.39, 0.29) is 11.8 Å². The Balaban J connectivity index is 1.77. The van der Waals surface area contributed by atoms with Gasteiger partial charge in [-0.15, -0.1) is 11.8 Å². The maximum absolute atomic E-state index is 12.4. The van der Waals surface area contributed by atoms with E-state index in [0.29, 0.717) is 22.7 Å². The van der Waals surface area contributed by atoms with E-state index in [0.717, 1.165) is 4.90 Å². The van der Waals surface area contributed by atoms with E-state index in [1.54, 1.807) is 18.2 Å². The highest BCUT2D eigenvalue weighted by atomic mass is 32.2. The van der Waals surface area contributed by atoms with Crippen molar-refractivity contribution in [3.8, 4) is 0 Å². The lowest BCUT2D eigenvalue weighted by atomic mass is 10.1. The van der Waals surface area contributed by atoms with Gasteiger partial charge in [0, 0.05) is 16.7 Å². The van der Waals surface area contributed by atoms with Crippen molar-refractivity contribution < 1.29 is 19.5 Å². The van der Waals surface area contributed by atoms with Crippen LogP contribution in [0.15, 0.2) is 35.5 Å². The Morgan fingerprint density at radius 1 is 1.40 bits per heavy atom. The predicted octanol–water partition coefficient (Wildman–Crippen LogP) is 2.00. The number of fused-ring (bicyclic) bond motifs is 1. The molecule has 25 heavy (non-hydrogen) atoms. The first-order valence-corrected chi connectivity index (χ1v) is 8.42. The van der Waals surface area contributed by atoms with Crippen LogP contribution in [-0.2, 0) is 15.1 Å². The van der Waals surface area contributed by atoms with E-state index < -0.39 is 11.5 Å². The molecule has 2 aromatic rings. The van der Waals surface area contributed by atoms with Crippen LogP contribution in [0.1, 0.15) is 24.2 Å². The zero-order valence-corrected chi connectivity index (χ0v) is 14.4. The zero-order chi connectivity index (χ0) is 18.2. The fourth-order valence-corrected chi connectivity index (χ4v) is 3.01. The first-order valence-electron chi connectivity index (χ1n) is 7.44. The number of carbonyl (C=O) groups is 3. The average Bonchev–Trinajstić information content (AvgIpc) is 3.03. The molecular formula is C16H16N4O4S. The number of carboxylic acid groups (broad SMARTS) is 1. The molecule has 0 atom stereocenters. The predicted molar refractivity (Wildman–Crippen MR) is 92.9 cm³/mol. The van der Waals surface area contributed by atoms with Crippen molar-refractivity contribution in [1.29, 1.82) is 0 Å². The molecule has 0 saturated heterocycles. The summed E-state index contributed by atoms with van der Waals surface area (Å²) >= 11 is 1.42. The quantitative estimate of drug-likeness (QED) is 0.768. The molecule has 2 amide bonds. The normalized spacial score (nSPS) is 13.8. The van der Waals surface area contributed by atoms with Crippen LogP contribution < -0.4 is 10.6 Å². The number of carbonyl (C=O) groups excluding carboxylic acids is 2. The maximum Gasteiger partial charge on any atom is 0.331 e. The Labute approximate surface area is 147 Å². The van der Waals surface area contributed by atoms with Crippen LogP contribution in [0.3, 0.4) is 0 Å². The van der Waals surface area contributed by atoms with Crippen LogP contribution in [0.2, 0.25) is 0 Å². The Hall–Kier alpha value is -2.81. The second-order valence-electron chi connectivity index (χ2n) is 6.04. The molecule has 1 aromatic heterocycles. The van der Waals surface area contributed by atoms with Gasteiger partial charge in [0.05, 0.1) is 23.3 Å². The second kappa shape index (κ2) is 6.25. The molecule has 0 radical (unpaired) electrons. The number of hydrogen-bond acceptors (Lipinski definition) is 5. The van der Waals surface area contributed by atoms with E-state index in [1.165, 1.54) is 42.7 Å². The fourth-order valence-electron chi connectivity index (χ4n) is 2.22. The highest BCUT2D eigenvalue weighted by molar-refractivity contribution is 8.00. The van der Waals surface area contributed by atoms with E-state index in [4.69, 9.17) is 0 Å². The Bertz CT molecular complexity index is 875. The minimum atomic E-state index is -1.23. The summed E-state index contributed by atoms with van der Waals surface area (Å²) in [6.45, 7) is 3.02. The monoisotopic (exact) mass is 360 g/mol. The van der Waals surface area contributed by atoms with Gasteiger partial charge in [0.1, 0.15) is 0 Å². The molecule has 3 rings (SSSR count). The molecule has 1 aliphatic rings. The van der Waals surface area contributed by atoms with Gasteiger partial charge < -0.3 is 15.7 Å². The minimum Gasteiger partial charge on any atom is -0.479 e. The molecule has 0 fully saturated rings. The van der Waals surface area contributed by atoms with Crippen LogP contribution in [0.5, 0.6) is 0 Å². The molecule has 9 heteroatoms. The van der Waals surface area contributed by atoms with Crippen molar-refractivity contribution in [3.05, 3.63) is 36.2 Å².